The zero-order chi connectivity index (χ0) is 12.3. The molecule has 0 aliphatic heterocycles. The topological polar surface area (TPSA) is 29.3 Å². The van der Waals surface area contributed by atoms with Crippen molar-refractivity contribution in [3.63, 3.8) is 0 Å². The van der Waals surface area contributed by atoms with Crippen LogP contribution in [0.15, 0.2) is 18.2 Å². The lowest BCUT2D eigenvalue weighted by Crippen LogP contribution is -2.27. The second kappa shape index (κ2) is 5.44. The molecule has 17 heavy (non-hydrogen) atoms. The second-order valence-electron chi connectivity index (χ2n) is 5.38. The van der Waals surface area contributed by atoms with Gasteiger partial charge >= 0.3 is 0 Å². The van der Waals surface area contributed by atoms with Crippen LogP contribution in [-0.2, 0) is 0 Å². The van der Waals surface area contributed by atoms with Crippen molar-refractivity contribution in [1.29, 1.82) is 0 Å². The summed E-state index contributed by atoms with van der Waals surface area (Å²) in [6.45, 7) is 3.28. The van der Waals surface area contributed by atoms with E-state index in [4.69, 9.17) is 5.73 Å². The summed E-state index contributed by atoms with van der Waals surface area (Å²) in [7, 11) is 2.19. The fourth-order valence-corrected chi connectivity index (χ4v) is 2.91. The van der Waals surface area contributed by atoms with Crippen molar-refractivity contribution >= 4 is 11.4 Å². The lowest BCUT2D eigenvalue weighted by atomic mass is 9.89. The summed E-state index contributed by atoms with van der Waals surface area (Å²) in [5, 5.41) is 0. The van der Waals surface area contributed by atoms with E-state index in [9.17, 15) is 0 Å². The molecule has 94 valence electrons. The van der Waals surface area contributed by atoms with Crippen LogP contribution in [0.2, 0.25) is 0 Å². The molecule has 0 unspecified atom stereocenters. The Bertz CT molecular complexity index is 367. The molecule has 0 radical (unpaired) electrons. The number of benzene rings is 1. The van der Waals surface area contributed by atoms with Gasteiger partial charge in [-0.2, -0.15) is 0 Å². The van der Waals surface area contributed by atoms with E-state index >= 15 is 0 Å². The first kappa shape index (κ1) is 12.3. The molecule has 0 saturated heterocycles. The van der Waals surface area contributed by atoms with E-state index in [2.05, 4.69) is 31.0 Å². The van der Waals surface area contributed by atoms with Gasteiger partial charge in [0.15, 0.2) is 0 Å². The molecule has 0 atom stereocenters. The van der Waals surface area contributed by atoms with Gasteiger partial charge in [0, 0.05) is 25.0 Å². The molecule has 1 saturated carbocycles. The molecule has 1 aromatic rings. The first-order chi connectivity index (χ1) is 8.18. The molecule has 1 aromatic carbocycles. The Morgan fingerprint density at radius 1 is 1.24 bits per heavy atom. The lowest BCUT2D eigenvalue weighted by Gasteiger charge is -2.29. The van der Waals surface area contributed by atoms with Gasteiger partial charge in [0.25, 0.3) is 0 Å². The lowest BCUT2D eigenvalue weighted by molar-refractivity contribution is 0.362. The summed E-state index contributed by atoms with van der Waals surface area (Å²) in [6, 6.07) is 6.21. The predicted octanol–water partition coefficient (Wildman–Crippen LogP) is 3.59. The van der Waals surface area contributed by atoms with Crippen molar-refractivity contribution < 1.29 is 0 Å². The summed E-state index contributed by atoms with van der Waals surface area (Å²) in [6.07, 6.45) is 7.04. The Morgan fingerprint density at radius 2 is 1.94 bits per heavy atom. The maximum absolute atomic E-state index is 5.96. The third-order valence-electron chi connectivity index (χ3n) is 4.02. The van der Waals surface area contributed by atoms with Crippen molar-refractivity contribution in [1.82, 2.24) is 0 Å². The summed E-state index contributed by atoms with van der Waals surface area (Å²) in [4.78, 5) is 2.38. The van der Waals surface area contributed by atoms with Crippen LogP contribution in [0.3, 0.4) is 0 Å². The summed E-state index contributed by atoms with van der Waals surface area (Å²) in [5.41, 5.74) is 9.37. The zero-order valence-corrected chi connectivity index (χ0v) is 11.1. The largest absolute Gasteiger partial charge is 0.398 e. The highest BCUT2D eigenvalue weighted by Crippen LogP contribution is 2.28. The highest BCUT2D eigenvalue weighted by atomic mass is 15.1. The molecular weight excluding hydrogens is 208 g/mol. The van der Waals surface area contributed by atoms with Gasteiger partial charge in [0.05, 0.1) is 0 Å². The Labute approximate surface area is 105 Å². The van der Waals surface area contributed by atoms with Gasteiger partial charge in [-0.25, -0.2) is 0 Å². The Kier molecular flexibility index (Phi) is 3.93. The monoisotopic (exact) mass is 232 g/mol. The van der Waals surface area contributed by atoms with Crippen LogP contribution in [0, 0.1) is 12.8 Å². The van der Waals surface area contributed by atoms with Crippen molar-refractivity contribution in [2.45, 2.75) is 39.0 Å². The Balaban J connectivity index is 2.03. The molecular formula is C15H24N2. The first-order valence-corrected chi connectivity index (χ1v) is 6.74. The van der Waals surface area contributed by atoms with Gasteiger partial charge in [0.2, 0.25) is 0 Å². The van der Waals surface area contributed by atoms with Crippen LogP contribution in [0.25, 0.3) is 0 Å². The zero-order valence-electron chi connectivity index (χ0n) is 11.1. The highest BCUT2D eigenvalue weighted by molar-refractivity contribution is 5.63. The maximum Gasteiger partial charge on any atom is 0.0414 e. The van der Waals surface area contributed by atoms with Crippen molar-refractivity contribution in [2.75, 3.05) is 24.2 Å². The van der Waals surface area contributed by atoms with Crippen molar-refractivity contribution in [3.8, 4) is 0 Å². The molecule has 1 fully saturated rings. The van der Waals surface area contributed by atoms with E-state index in [-0.39, 0.29) is 0 Å². The smallest absolute Gasteiger partial charge is 0.0414 e. The van der Waals surface area contributed by atoms with Crippen LogP contribution < -0.4 is 10.6 Å². The van der Waals surface area contributed by atoms with Crippen LogP contribution >= 0.6 is 0 Å². The summed E-state index contributed by atoms with van der Waals surface area (Å²) >= 11 is 0. The van der Waals surface area contributed by atoms with E-state index in [0.29, 0.717) is 0 Å². The summed E-state index contributed by atoms with van der Waals surface area (Å²) in [5.74, 6) is 0.870. The average Bonchev–Trinajstić information content (AvgIpc) is 2.34. The molecule has 2 N–H and O–H groups in total. The van der Waals surface area contributed by atoms with Crippen LogP contribution in [0.1, 0.15) is 37.7 Å². The SMILES string of the molecule is Cc1c(N)cccc1N(C)CC1CCCCC1. The van der Waals surface area contributed by atoms with E-state index in [1.54, 1.807) is 0 Å². The minimum atomic E-state index is 0.870. The third kappa shape index (κ3) is 2.93. The maximum atomic E-state index is 5.96. The van der Waals surface area contributed by atoms with Gasteiger partial charge in [-0.1, -0.05) is 25.3 Å². The molecule has 2 heteroatoms. The van der Waals surface area contributed by atoms with Crippen LogP contribution in [0.5, 0.6) is 0 Å². The molecule has 1 aliphatic rings. The van der Waals surface area contributed by atoms with E-state index in [1.165, 1.54) is 49.9 Å². The summed E-state index contributed by atoms with van der Waals surface area (Å²) < 4.78 is 0. The fraction of sp³-hybridized carbons (Fsp3) is 0.600. The van der Waals surface area contributed by atoms with Gasteiger partial charge in [-0.05, 0) is 43.4 Å². The van der Waals surface area contributed by atoms with Gasteiger partial charge in [-0.3, -0.25) is 0 Å². The first-order valence-electron chi connectivity index (χ1n) is 6.74. The Hall–Kier alpha value is -1.18. The predicted molar refractivity (Wildman–Crippen MR) is 75.4 cm³/mol. The van der Waals surface area contributed by atoms with Gasteiger partial charge in [0.1, 0.15) is 0 Å². The minimum absolute atomic E-state index is 0.870. The molecule has 0 bridgehead atoms. The number of hydrogen-bond donors (Lipinski definition) is 1. The Morgan fingerprint density at radius 3 is 2.65 bits per heavy atom. The minimum Gasteiger partial charge on any atom is -0.398 e. The third-order valence-corrected chi connectivity index (χ3v) is 4.02. The quantitative estimate of drug-likeness (QED) is 0.807. The average molecular weight is 232 g/mol. The number of nitrogens with zero attached hydrogens (tertiary/aromatic N) is 1. The second-order valence-corrected chi connectivity index (χ2v) is 5.38. The van der Waals surface area contributed by atoms with Crippen molar-refractivity contribution in [3.05, 3.63) is 23.8 Å². The van der Waals surface area contributed by atoms with Crippen molar-refractivity contribution in [2.24, 2.45) is 5.92 Å². The van der Waals surface area contributed by atoms with E-state index in [1.807, 2.05) is 6.07 Å². The molecule has 2 rings (SSSR count). The molecule has 0 aromatic heterocycles. The van der Waals surface area contributed by atoms with E-state index < -0.39 is 0 Å². The number of rotatable bonds is 3. The van der Waals surface area contributed by atoms with Gasteiger partial charge < -0.3 is 10.6 Å². The number of nitrogen functional groups attached to an aromatic ring is 1. The normalized spacial score (nSPS) is 17.1. The van der Waals surface area contributed by atoms with Crippen LogP contribution in [0.4, 0.5) is 11.4 Å². The highest BCUT2D eigenvalue weighted by Gasteiger charge is 2.16. The molecule has 1 aliphatic carbocycles. The number of nitrogens with two attached hydrogens (primary N) is 1. The fourth-order valence-electron chi connectivity index (χ4n) is 2.91. The standard InChI is InChI=1S/C15H24N2/c1-12-14(16)9-6-10-15(12)17(2)11-13-7-4-3-5-8-13/h6,9-10,13H,3-5,7-8,11,16H2,1-2H3. The van der Waals surface area contributed by atoms with Gasteiger partial charge in [-0.15, -0.1) is 0 Å². The van der Waals surface area contributed by atoms with E-state index in [0.717, 1.165) is 11.6 Å². The van der Waals surface area contributed by atoms with Crippen LogP contribution in [-0.4, -0.2) is 13.6 Å². The molecule has 0 heterocycles. The number of anilines is 2. The molecule has 0 spiro atoms. The molecule has 2 nitrogen and oxygen atoms in total. The number of hydrogen-bond acceptors (Lipinski definition) is 2. The molecule has 0 amide bonds.